The molecule has 1 N–H and O–H groups in total. The minimum absolute atomic E-state index is 0.201. The summed E-state index contributed by atoms with van der Waals surface area (Å²) >= 11 is 0. The van der Waals surface area contributed by atoms with Crippen LogP contribution < -0.4 is 5.32 Å². The highest BCUT2D eigenvalue weighted by atomic mass is 16.5. The highest BCUT2D eigenvalue weighted by molar-refractivity contribution is 6.07. The first-order valence-electron chi connectivity index (χ1n) is 10.2. The third-order valence-corrected chi connectivity index (χ3v) is 4.61. The Hall–Kier alpha value is -3.94. The first-order valence-corrected chi connectivity index (χ1v) is 10.2. The van der Waals surface area contributed by atoms with Crippen LogP contribution in [0.5, 0.6) is 0 Å². The predicted molar refractivity (Wildman–Crippen MR) is 119 cm³/mol. The van der Waals surface area contributed by atoms with E-state index in [0.717, 1.165) is 6.42 Å². The molecule has 8 nitrogen and oxygen atoms in total. The van der Waals surface area contributed by atoms with E-state index in [9.17, 15) is 14.4 Å². The van der Waals surface area contributed by atoms with Crippen molar-refractivity contribution in [1.29, 1.82) is 0 Å². The number of nitrogens with zero attached hydrogens (tertiary/aromatic N) is 1. The number of pyridine rings is 1. The van der Waals surface area contributed by atoms with E-state index >= 15 is 0 Å². The quantitative estimate of drug-likeness (QED) is 0.406. The molecule has 3 rings (SSSR count). The molecule has 166 valence electrons. The molecule has 2 aromatic carbocycles. The number of esters is 3. The van der Waals surface area contributed by atoms with Crippen molar-refractivity contribution in [2.45, 2.75) is 20.3 Å². The summed E-state index contributed by atoms with van der Waals surface area (Å²) in [5.74, 6) is -1.45. The third-order valence-electron chi connectivity index (χ3n) is 4.61. The van der Waals surface area contributed by atoms with Gasteiger partial charge in [-0.25, -0.2) is 14.4 Å². The van der Waals surface area contributed by atoms with Crippen molar-refractivity contribution < 1.29 is 28.6 Å². The van der Waals surface area contributed by atoms with Gasteiger partial charge in [0.25, 0.3) is 0 Å². The van der Waals surface area contributed by atoms with Gasteiger partial charge in [0, 0.05) is 17.3 Å². The molecule has 0 atom stereocenters. The van der Waals surface area contributed by atoms with Crippen molar-refractivity contribution in [2.24, 2.45) is 0 Å². The average Bonchev–Trinajstić information content (AvgIpc) is 2.82. The summed E-state index contributed by atoms with van der Waals surface area (Å²) in [6, 6.07) is 11.6. The van der Waals surface area contributed by atoms with Gasteiger partial charge in [-0.2, -0.15) is 0 Å². The van der Waals surface area contributed by atoms with Crippen LogP contribution in [0.15, 0.2) is 48.7 Å². The second kappa shape index (κ2) is 10.4. The summed E-state index contributed by atoms with van der Waals surface area (Å²) in [6.07, 6.45) is 2.17. The number of nitrogens with one attached hydrogen (secondary N) is 1. The van der Waals surface area contributed by atoms with Crippen LogP contribution in [0.1, 0.15) is 51.3 Å². The van der Waals surface area contributed by atoms with E-state index in [2.05, 4.69) is 10.3 Å². The Balaban J connectivity index is 2.03. The summed E-state index contributed by atoms with van der Waals surface area (Å²) in [7, 11) is 1.30. The van der Waals surface area contributed by atoms with E-state index in [4.69, 9.17) is 14.2 Å². The molecule has 3 aromatic rings. The van der Waals surface area contributed by atoms with Gasteiger partial charge in [-0.3, -0.25) is 4.98 Å². The molecule has 0 fully saturated rings. The zero-order chi connectivity index (χ0) is 23.1. The van der Waals surface area contributed by atoms with Crippen LogP contribution in [0.25, 0.3) is 10.9 Å². The highest BCUT2D eigenvalue weighted by Crippen LogP contribution is 2.31. The van der Waals surface area contributed by atoms with Crippen LogP contribution in [0, 0.1) is 0 Å². The smallest absolute Gasteiger partial charge is 0.341 e. The SMILES string of the molecule is CCCOC(=O)c1ccc(Nc2c(C(=O)OCC)cnc3ccc(C(=O)OC)cc23)cc1. The van der Waals surface area contributed by atoms with Crippen LogP contribution >= 0.6 is 0 Å². The molecule has 0 saturated heterocycles. The van der Waals surface area contributed by atoms with Gasteiger partial charge in [0.05, 0.1) is 42.7 Å². The molecule has 0 bridgehead atoms. The average molecular weight is 436 g/mol. The van der Waals surface area contributed by atoms with Crippen LogP contribution in [-0.2, 0) is 14.2 Å². The van der Waals surface area contributed by atoms with Gasteiger partial charge >= 0.3 is 17.9 Å². The van der Waals surface area contributed by atoms with Crippen molar-refractivity contribution >= 4 is 40.2 Å². The predicted octanol–water partition coefficient (Wildman–Crippen LogP) is 4.51. The van der Waals surface area contributed by atoms with Crippen molar-refractivity contribution in [1.82, 2.24) is 4.98 Å². The maximum Gasteiger partial charge on any atom is 0.341 e. The Labute approximate surface area is 185 Å². The van der Waals surface area contributed by atoms with Crippen molar-refractivity contribution in [3.8, 4) is 0 Å². The Morgan fingerprint density at radius 1 is 0.906 bits per heavy atom. The molecule has 32 heavy (non-hydrogen) atoms. The molecule has 0 aliphatic carbocycles. The number of anilines is 2. The van der Waals surface area contributed by atoms with E-state index < -0.39 is 17.9 Å². The summed E-state index contributed by atoms with van der Waals surface area (Å²) in [4.78, 5) is 41.0. The number of fused-ring (bicyclic) bond motifs is 1. The second-order valence-electron chi connectivity index (χ2n) is 6.83. The van der Waals surface area contributed by atoms with Gasteiger partial charge in [-0.05, 0) is 55.8 Å². The minimum Gasteiger partial charge on any atom is -0.465 e. The van der Waals surface area contributed by atoms with Gasteiger partial charge in [0.2, 0.25) is 0 Å². The third kappa shape index (κ3) is 5.03. The Bertz CT molecular complexity index is 1140. The molecule has 1 heterocycles. The lowest BCUT2D eigenvalue weighted by atomic mass is 10.1. The van der Waals surface area contributed by atoms with Crippen LogP contribution in [0.4, 0.5) is 11.4 Å². The molecule has 0 amide bonds. The number of rotatable bonds is 8. The van der Waals surface area contributed by atoms with E-state index in [1.54, 1.807) is 49.4 Å². The van der Waals surface area contributed by atoms with Gasteiger partial charge in [-0.1, -0.05) is 6.92 Å². The van der Waals surface area contributed by atoms with Gasteiger partial charge < -0.3 is 19.5 Å². The van der Waals surface area contributed by atoms with Crippen LogP contribution in [0.2, 0.25) is 0 Å². The summed E-state index contributed by atoms with van der Waals surface area (Å²) in [5.41, 5.74) is 2.59. The Kier molecular flexibility index (Phi) is 7.38. The lowest BCUT2D eigenvalue weighted by Gasteiger charge is -2.15. The molecule has 1 aromatic heterocycles. The number of methoxy groups -OCH3 is 1. The summed E-state index contributed by atoms with van der Waals surface area (Å²) in [6.45, 7) is 4.19. The van der Waals surface area contributed by atoms with E-state index in [-0.39, 0.29) is 12.2 Å². The number of benzene rings is 2. The normalized spacial score (nSPS) is 10.5. The molecule has 0 aliphatic rings. The van der Waals surface area contributed by atoms with Crippen molar-refractivity contribution in [3.63, 3.8) is 0 Å². The summed E-state index contributed by atoms with van der Waals surface area (Å²) < 4.78 is 15.1. The number of aromatic nitrogens is 1. The van der Waals surface area contributed by atoms with E-state index in [0.29, 0.717) is 40.0 Å². The van der Waals surface area contributed by atoms with Crippen LogP contribution in [-0.4, -0.2) is 43.2 Å². The van der Waals surface area contributed by atoms with Gasteiger partial charge in [-0.15, -0.1) is 0 Å². The fourth-order valence-electron chi connectivity index (χ4n) is 3.05. The first-order chi connectivity index (χ1) is 15.5. The monoisotopic (exact) mass is 436 g/mol. The topological polar surface area (TPSA) is 104 Å². The zero-order valence-electron chi connectivity index (χ0n) is 18.1. The molecular weight excluding hydrogens is 412 g/mol. The van der Waals surface area contributed by atoms with Gasteiger partial charge in [0.1, 0.15) is 5.56 Å². The number of carbonyl (C=O) groups excluding carboxylic acids is 3. The molecular formula is C24H24N2O6. The van der Waals surface area contributed by atoms with Gasteiger partial charge in [0.15, 0.2) is 0 Å². The first kappa shape index (κ1) is 22.7. The van der Waals surface area contributed by atoms with Crippen LogP contribution in [0.3, 0.4) is 0 Å². The minimum atomic E-state index is -0.548. The molecule has 0 radical (unpaired) electrons. The molecule has 0 unspecified atom stereocenters. The van der Waals surface area contributed by atoms with E-state index in [1.807, 2.05) is 6.92 Å². The molecule has 0 spiro atoms. The molecule has 8 heteroatoms. The summed E-state index contributed by atoms with van der Waals surface area (Å²) in [5, 5.41) is 3.75. The fraction of sp³-hybridized carbons (Fsp3) is 0.250. The number of ether oxygens (including phenoxy) is 3. The standard InChI is InChI=1S/C24H24N2O6/c1-4-12-32-23(28)15-6-9-17(10-7-15)26-21-18-13-16(22(27)30-3)8-11-20(18)25-14-19(21)24(29)31-5-2/h6-11,13-14H,4-5,12H2,1-3H3,(H,25,26). The van der Waals surface area contributed by atoms with Crippen molar-refractivity contribution in [3.05, 3.63) is 65.4 Å². The number of hydrogen-bond donors (Lipinski definition) is 1. The second-order valence-corrected chi connectivity index (χ2v) is 6.83. The maximum absolute atomic E-state index is 12.6. The Morgan fingerprint density at radius 3 is 2.28 bits per heavy atom. The number of carbonyl (C=O) groups is 3. The Morgan fingerprint density at radius 2 is 1.62 bits per heavy atom. The fourth-order valence-corrected chi connectivity index (χ4v) is 3.05. The van der Waals surface area contributed by atoms with Crippen molar-refractivity contribution in [2.75, 3.05) is 25.6 Å². The highest BCUT2D eigenvalue weighted by Gasteiger charge is 2.19. The maximum atomic E-state index is 12.6. The largest absolute Gasteiger partial charge is 0.465 e. The zero-order valence-corrected chi connectivity index (χ0v) is 18.1. The van der Waals surface area contributed by atoms with E-state index in [1.165, 1.54) is 13.3 Å². The molecule has 0 aliphatic heterocycles. The molecule has 0 saturated carbocycles. The lowest BCUT2D eigenvalue weighted by Crippen LogP contribution is -2.10. The number of hydrogen-bond acceptors (Lipinski definition) is 8. The lowest BCUT2D eigenvalue weighted by molar-refractivity contribution is 0.0501.